The van der Waals surface area contributed by atoms with E-state index in [1.165, 1.54) is 16.9 Å². The second-order valence-corrected chi connectivity index (χ2v) is 8.05. The molecule has 136 valence electrons. The Morgan fingerprint density at radius 1 is 1.23 bits per heavy atom. The van der Waals surface area contributed by atoms with Crippen molar-refractivity contribution in [3.8, 4) is 11.3 Å². The molecule has 0 aliphatic rings. The van der Waals surface area contributed by atoms with Gasteiger partial charge in [0.25, 0.3) is 0 Å². The van der Waals surface area contributed by atoms with Crippen LogP contribution in [0.3, 0.4) is 0 Å². The van der Waals surface area contributed by atoms with Crippen LogP contribution in [0.2, 0.25) is 10.0 Å². The number of ether oxygens (including phenoxy) is 1. The van der Waals surface area contributed by atoms with E-state index in [9.17, 15) is 0 Å². The van der Waals surface area contributed by atoms with Gasteiger partial charge in [-0.1, -0.05) is 23.2 Å². The zero-order valence-electron chi connectivity index (χ0n) is 14.3. The molecular weight excluding hydrogens is 409 g/mol. The normalized spacial score (nSPS) is 12.4. The van der Waals surface area contributed by atoms with E-state index in [0.717, 1.165) is 20.9 Å². The lowest BCUT2D eigenvalue weighted by molar-refractivity contribution is 0.207. The van der Waals surface area contributed by atoms with Crippen molar-refractivity contribution in [2.45, 2.75) is 6.92 Å². The molecule has 1 aromatic carbocycles. The number of aryl methyl sites for hydroxylation is 1. The van der Waals surface area contributed by atoms with Crippen molar-refractivity contribution in [2.24, 2.45) is 10.1 Å². The molecule has 0 amide bonds. The number of thiophene rings is 1. The van der Waals surface area contributed by atoms with E-state index in [1.54, 1.807) is 24.5 Å². The summed E-state index contributed by atoms with van der Waals surface area (Å²) >= 11 is 15.6. The Hall–Kier alpha value is -1.44. The maximum atomic E-state index is 6.40. The van der Waals surface area contributed by atoms with Crippen molar-refractivity contribution in [3.05, 3.63) is 60.3 Å². The molecule has 8 heteroatoms. The maximum Gasteiger partial charge on any atom is 0.206 e. The molecule has 0 saturated heterocycles. The zero-order valence-corrected chi connectivity index (χ0v) is 17.4. The minimum Gasteiger partial charge on any atom is -0.383 e. The monoisotopic (exact) mass is 425 g/mol. The third-order valence-corrected chi connectivity index (χ3v) is 5.98. The number of benzene rings is 1. The van der Waals surface area contributed by atoms with Crippen LogP contribution < -0.4 is 4.80 Å². The Kier molecular flexibility index (Phi) is 6.67. The molecule has 3 rings (SSSR count). The molecule has 0 N–H and O–H groups in total. The number of hydrogen-bond acceptors (Lipinski definition) is 5. The average Bonchev–Trinajstić information content (AvgIpc) is 3.19. The third kappa shape index (κ3) is 4.45. The number of aromatic nitrogens is 1. The summed E-state index contributed by atoms with van der Waals surface area (Å²) in [6.07, 6.45) is 1.86. The highest BCUT2D eigenvalue weighted by Gasteiger charge is 2.11. The van der Waals surface area contributed by atoms with Crippen molar-refractivity contribution >= 4 is 52.1 Å². The molecule has 0 fully saturated rings. The molecule has 3 aromatic rings. The van der Waals surface area contributed by atoms with Gasteiger partial charge in [-0.25, -0.2) is 4.68 Å². The minimum absolute atomic E-state index is 0.558. The number of nitrogens with zero attached hydrogens (tertiary/aromatic N) is 3. The molecule has 2 aromatic heterocycles. The van der Waals surface area contributed by atoms with E-state index in [-0.39, 0.29) is 0 Å². The summed E-state index contributed by atoms with van der Waals surface area (Å²) in [5.74, 6) is 0. The second kappa shape index (κ2) is 8.97. The van der Waals surface area contributed by atoms with Crippen molar-refractivity contribution in [1.82, 2.24) is 4.68 Å². The van der Waals surface area contributed by atoms with Gasteiger partial charge in [0.2, 0.25) is 4.80 Å². The van der Waals surface area contributed by atoms with Gasteiger partial charge in [0.15, 0.2) is 0 Å². The van der Waals surface area contributed by atoms with Crippen LogP contribution in [0.5, 0.6) is 0 Å². The standard InChI is InChI=1S/C18H17Cl2N3OS2/c1-12-5-8-25-17(12)10-22-23-16(11-26-18(23)21-6-7-24-2)14-4-3-13(19)9-15(14)20/h3-5,8-11H,6-7H2,1-2H3/b21-18?,22-10+. The van der Waals surface area contributed by atoms with Crippen molar-refractivity contribution in [1.29, 1.82) is 0 Å². The van der Waals surface area contributed by atoms with E-state index in [1.807, 2.05) is 28.4 Å². The van der Waals surface area contributed by atoms with E-state index >= 15 is 0 Å². The van der Waals surface area contributed by atoms with Gasteiger partial charge in [-0.05, 0) is 42.1 Å². The van der Waals surface area contributed by atoms with Crippen molar-refractivity contribution in [3.63, 3.8) is 0 Å². The van der Waals surface area contributed by atoms with E-state index < -0.39 is 0 Å². The lowest BCUT2D eigenvalue weighted by Crippen LogP contribution is -2.13. The first-order chi connectivity index (χ1) is 12.6. The molecule has 0 atom stereocenters. The molecule has 0 bridgehead atoms. The Balaban J connectivity index is 2.08. The molecule has 2 heterocycles. The van der Waals surface area contributed by atoms with Gasteiger partial charge in [-0.15, -0.1) is 22.7 Å². The average molecular weight is 426 g/mol. The summed E-state index contributed by atoms with van der Waals surface area (Å²) in [5.41, 5.74) is 2.93. The van der Waals surface area contributed by atoms with E-state index in [4.69, 9.17) is 27.9 Å². The zero-order chi connectivity index (χ0) is 18.5. The number of rotatable bonds is 6. The molecule has 0 aliphatic heterocycles. The molecule has 4 nitrogen and oxygen atoms in total. The highest BCUT2D eigenvalue weighted by Crippen LogP contribution is 2.30. The topological polar surface area (TPSA) is 38.9 Å². The van der Waals surface area contributed by atoms with Crippen molar-refractivity contribution < 1.29 is 4.74 Å². The summed E-state index contributed by atoms with van der Waals surface area (Å²) in [5, 5.41) is 9.90. The Labute approximate surface area is 170 Å². The van der Waals surface area contributed by atoms with E-state index in [2.05, 4.69) is 28.5 Å². The Morgan fingerprint density at radius 3 is 2.77 bits per heavy atom. The fraction of sp³-hybridized carbons (Fsp3) is 0.222. The first kappa shape index (κ1) is 19.3. The lowest BCUT2D eigenvalue weighted by atomic mass is 10.2. The summed E-state index contributed by atoms with van der Waals surface area (Å²) in [6, 6.07) is 7.52. The van der Waals surface area contributed by atoms with Gasteiger partial charge in [0, 0.05) is 23.1 Å². The molecule has 0 aliphatic carbocycles. The molecule has 26 heavy (non-hydrogen) atoms. The van der Waals surface area contributed by atoms with Crippen LogP contribution in [0.25, 0.3) is 11.3 Å². The van der Waals surface area contributed by atoms with Crippen LogP contribution in [0.15, 0.2) is 45.1 Å². The summed E-state index contributed by atoms with van der Waals surface area (Å²) < 4.78 is 6.90. The fourth-order valence-electron chi connectivity index (χ4n) is 2.26. The first-order valence-corrected chi connectivity index (χ1v) is 10.4. The Morgan fingerprint density at radius 2 is 2.08 bits per heavy atom. The van der Waals surface area contributed by atoms with Gasteiger partial charge in [0.1, 0.15) is 0 Å². The summed E-state index contributed by atoms with van der Waals surface area (Å²) in [7, 11) is 1.66. The number of thiazole rings is 1. The number of hydrogen-bond donors (Lipinski definition) is 0. The van der Waals surface area contributed by atoms with Gasteiger partial charge in [-0.2, -0.15) is 5.10 Å². The Bertz CT molecular complexity index is 988. The number of halogens is 2. The maximum absolute atomic E-state index is 6.40. The van der Waals surface area contributed by atoms with E-state index in [0.29, 0.717) is 23.2 Å². The smallest absolute Gasteiger partial charge is 0.206 e. The lowest BCUT2D eigenvalue weighted by Gasteiger charge is -2.06. The predicted molar refractivity (Wildman–Crippen MR) is 112 cm³/mol. The fourth-order valence-corrected chi connectivity index (χ4v) is 4.40. The van der Waals surface area contributed by atoms with Crippen molar-refractivity contribution in [2.75, 3.05) is 20.3 Å². The molecule has 0 unspecified atom stereocenters. The first-order valence-electron chi connectivity index (χ1n) is 7.84. The summed E-state index contributed by atoms with van der Waals surface area (Å²) in [4.78, 5) is 6.49. The van der Waals surface area contributed by atoms with Gasteiger partial charge >= 0.3 is 0 Å². The van der Waals surface area contributed by atoms with Crippen LogP contribution in [0.4, 0.5) is 0 Å². The number of methoxy groups -OCH3 is 1. The SMILES string of the molecule is COCCN=c1scc(-c2ccc(Cl)cc2Cl)n1/N=C/c1sccc1C. The molecule has 0 spiro atoms. The molecule has 0 saturated carbocycles. The highest BCUT2D eigenvalue weighted by atomic mass is 35.5. The highest BCUT2D eigenvalue weighted by molar-refractivity contribution is 7.11. The predicted octanol–water partition coefficient (Wildman–Crippen LogP) is 5.32. The quantitative estimate of drug-likeness (QED) is 0.388. The van der Waals surface area contributed by atoms with Crippen LogP contribution in [-0.2, 0) is 4.74 Å². The third-order valence-electron chi connectivity index (χ3n) is 3.63. The van der Waals surface area contributed by atoms with Crippen LogP contribution in [-0.4, -0.2) is 31.2 Å². The van der Waals surface area contributed by atoms with Gasteiger partial charge in [0.05, 0.1) is 35.0 Å². The van der Waals surface area contributed by atoms with Gasteiger partial charge in [-0.3, -0.25) is 4.99 Å². The van der Waals surface area contributed by atoms with Crippen LogP contribution >= 0.6 is 45.9 Å². The second-order valence-electron chi connectivity index (χ2n) is 5.43. The van der Waals surface area contributed by atoms with Gasteiger partial charge < -0.3 is 4.74 Å². The van der Waals surface area contributed by atoms with Crippen LogP contribution in [0.1, 0.15) is 10.4 Å². The minimum atomic E-state index is 0.558. The molecular formula is C18H17Cl2N3OS2. The van der Waals surface area contributed by atoms with Crippen LogP contribution in [0, 0.1) is 6.92 Å². The largest absolute Gasteiger partial charge is 0.383 e. The summed E-state index contributed by atoms with van der Waals surface area (Å²) in [6.45, 7) is 3.19. The molecule has 0 radical (unpaired) electrons.